The van der Waals surface area contributed by atoms with Gasteiger partial charge in [-0.25, -0.2) is 0 Å². The maximum Gasteiger partial charge on any atom is 0.0649 e. The monoisotopic (exact) mass is 464 g/mol. The lowest BCUT2D eigenvalue weighted by Gasteiger charge is -2.38. The Bertz CT molecular complexity index is 1540. The van der Waals surface area contributed by atoms with Crippen LogP contribution in [0.4, 0.5) is 0 Å². The molecule has 0 bridgehead atoms. The highest BCUT2D eigenvalue weighted by atomic mass is 35.5. The lowest BCUT2D eigenvalue weighted by Crippen LogP contribution is -2.43. The Labute approximate surface area is 205 Å². The van der Waals surface area contributed by atoms with Gasteiger partial charge in [0.1, 0.15) is 0 Å². The number of likely N-dealkylation sites (tertiary alicyclic amines) is 1. The first kappa shape index (κ1) is 20.6. The van der Waals surface area contributed by atoms with Crippen LogP contribution in [-0.4, -0.2) is 23.0 Å². The average molecular weight is 465 g/mol. The van der Waals surface area contributed by atoms with Crippen molar-refractivity contribution in [2.75, 3.05) is 13.1 Å². The first-order valence-electron chi connectivity index (χ1n) is 12.7. The van der Waals surface area contributed by atoms with Crippen molar-refractivity contribution in [1.29, 1.82) is 0 Å². The molecule has 4 aromatic rings. The van der Waals surface area contributed by atoms with Gasteiger partial charge in [0.15, 0.2) is 0 Å². The van der Waals surface area contributed by atoms with Gasteiger partial charge < -0.3 is 4.98 Å². The molecular formula is C31H29ClN2. The second-order valence-corrected chi connectivity index (χ2v) is 10.5. The molecule has 170 valence electrons. The summed E-state index contributed by atoms with van der Waals surface area (Å²) in [5, 5.41) is 4.94. The van der Waals surface area contributed by atoms with Gasteiger partial charge in [-0.1, -0.05) is 72.6 Å². The predicted molar refractivity (Wildman–Crippen MR) is 143 cm³/mol. The molecule has 1 fully saturated rings. The molecule has 3 aliphatic rings. The average Bonchev–Trinajstić information content (AvgIpc) is 3.33. The van der Waals surface area contributed by atoms with Crippen molar-refractivity contribution in [1.82, 2.24) is 9.88 Å². The van der Waals surface area contributed by atoms with Crippen LogP contribution in [0.2, 0.25) is 5.02 Å². The maximum atomic E-state index is 6.55. The topological polar surface area (TPSA) is 19.0 Å². The fourth-order valence-electron chi connectivity index (χ4n) is 6.68. The number of para-hydroxylation sites is 1. The summed E-state index contributed by atoms with van der Waals surface area (Å²) in [6.07, 6.45) is 12.0. The summed E-state index contributed by atoms with van der Waals surface area (Å²) >= 11 is 6.55. The van der Waals surface area contributed by atoms with Crippen LogP contribution >= 0.6 is 11.6 Å². The van der Waals surface area contributed by atoms with E-state index in [-0.39, 0.29) is 0 Å². The van der Waals surface area contributed by atoms with E-state index in [9.17, 15) is 0 Å². The fourth-order valence-corrected chi connectivity index (χ4v) is 6.91. The van der Waals surface area contributed by atoms with Crippen molar-refractivity contribution in [3.63, 3.8) is 0 Å². The third-order valence-corrected chi connectivity index (χ3v) is 8.58. The number of benzene rings is 3. The predicted octanol–water partition coefficient (Wildman–Crippen LogP) is 6.34. The second kappa shape index (κ2) is 8.15. The summed E-state index contributed by atoms with van der Waals surface area (Å²) in [5.74, 6) is 0. The number of aromatic nitrogens is 1. The van der Waals surface area contributed by atoms with Crippen LogP contribution in [0.3, 0.4) is 0 Å². The van der Waals surface area contributed by atoms with Gasteiger partial charge >= 0.3 is 0 Å². The fraction of sp³-hybridized carbons (Fsp3) is 0.290. The van der Waals surface area contributed by atoms with Gasteiger partial charge in [0.2, 0.25) is 0 Å². The van der Waals surface area contributed by atoms with Gasteiger partial charge in [-0.05, 0) is 89.5 Å². The van der Waals surface area contributed by atoms with Gasteiger partial charge in [-0.15, -0.1) is 0 Å². The molecule has 0 amide bonds. The van der Waals surface area contributed by atoms with Crippen molar-refractivity contribution >= 4 is 34.2 Å². The highest BCUT2D eigenvalue weighted by Gasteiger charge is 2.29. The highest BCUT2D eigenvalue weighted by Crippen LogP contribution is 2.37. The molecule has 0 saturated carbocycles. The number of hydrogen-bond donors (Lipinski definition) is 1. The molecule has 1 unspecified atom stereocenters. The standard InChI is InChI=1S/C31H29ClN2/c32-28-10-6-9-25-27(19-33-31(25)28)24-15-16-29(34-17-4-1-5-18-34)26-14-13-22-21-8-3-2-7-20(21)11-12-23(22)30(24)26/h2-3,6-10,12-14,19,29,33H,1,4-5,11,15-18H2. The van der Waals surface area contributed by atoms with Gasteiger partial charge in [0.25, 0.3) is 0 Å². The van der Waals surface area contributed by atoms with Crippen LogP contribution in [-0.2, 0) is 6.42 Å². The van der Waals surface area contributed by atoms with Crippen LogP contribution < -0.4 is 10.4 Å². The molecule has 1 atom stereocenters. The van der Waals surface area contributed by atoms with Crippen LogP contribution in [0.5, 0.6) is 0 Å². The number of piperidine rings is 1. The highest BCUT2D eigenvalue weighted by molar-refractivity contribution is 6.35. The largest absolute Gasteiger partial charge is 0.359 e. The summed E-state index contributed by atoms with van der Waals surface area (Å²) in [6, 6.07) is 20.5. The van der Waals surface area contributed by atoms with Crippen LogP contribution in [0.25, 0.3) is 33.7 Å². The van der Waals surface area contributed by atoms with Crippen molar-refractivity contribution in [3.8, 4) is 11.1 Å². The molecule has 1 N–H and O–H groups in total. The summed E-state index contributed by atoms with van der Waals surface area (Å²) < 4.78 is 0. The summed E-state index contributed by atoms with van der Waals surface area (Å²) in [6.45, 7) is 2.46. The van der Waals surface area contributed by atoms with Crippen LogP contribution in [0.1, 0.15) is 54.8 Å². The minimum absolute atomic E-state index is 0.517. The third kappa shape index (κ3) is 3.12. The zero-order valence-corrected chi connectivity index (χ0v) is 20.2. The summed E-state index contributed by atoms with van der Waals surface area (Å²) in [7, 11) is 0. The summed E-state index contributed by atoms with van der Waals surface area (Å²) in [4.78, 5) is 6.24. The van der Waals surface area contributed by atoms with Gasteiger partial charge in [0, 0.05) is 23.2 Å². The SMILES string of the molecule is Clc1cccc2c(C3=c4c(ccc5c4=CCc4ccccc4-5)C(N4CCCCC4)CC3)c[nH]c12. The second-order valence-electron chi connectivity index (χ2n) is 10.1. The van der Waals surface area contributed by atoms with E-state index < -0.39 is 0 Å². The number of hydrogen-bond acceptors (Lipinski definition) is 1. The normalized spacial score (nSPS) is 19.9. The van der Waals surface area contributed by atoms with E-state index in [1.54, 1.807) is 0 Å². The molecule has 0 spiro atoms. The Morgan fingerprint density at radius 3 is 2.65 bits per heavy atom. The number of nitrogens with zero attached hydrogens (tertiary/aromatic N) is 1. The number of nitrogens with one attached hydrogen (secondary N) is 1. The first-order chi connectivity index (χ1) is 16.8. The Morgan fingerprint density at radius 1 is 0.853 bits per heavy atom. The molecule has 3 heteroatoms. The molecule has 2 aliphatic carbocycles. The van der Waals surface area contributed by atoms with Crippen molar-refractivity contribution in [3.05, 3.63) is 92.9 Å². The van der Waals surface area contributed by atoms with Crippen molar-refractivity contribution in [2.24, 2.45) is 0 Å². The van der Waals surface area contributed by atoms with Crippen molar-refractivity contribution in [2.45, 2.75) is 44.6 Å². The van der Waals surface area contributed by atoms with E-state index >= 15 is 0 Å². The third-order valence-electron chi connectivity index (χ3n) is 8.26. The van der Waals surface area contributed by atoms with Gasteiger partial charge in [-0.2, -0.15) is 0 Å². The first-order valence-corrected chi connectivity index (χ1v) is 13.1. The Hall–Kier alpha value is -2.81. The zero-order valence-electron chi connectivity index (χ0n) is 19.4. The lowest BCUT2D eigenvalue weighted by molar-refractivity contribution is 0.154. The quantitative estimate of drug-likeness (QED) is 0.366. The van der Waals surface area contributed by atoms with Gasteiger partial charge in [-0.3, -0.25) is 4.90 Å². The molecule has 2 nitrogen and oxygen atoms in total. The minimum Gasteiger partial charge on any atom is -0.359 e. The zero-order chi connectivity index (χ0) is 22.6. The number of aromatic amines is 1. The number of fused-ring (bicyclic) bond motifs is 6. The molecule has 3 aromatic carbocycles. The Balaban J connectivity index is 1.54. The molecule has 1 aliphatic heterocycles. The van der Waals surface area contributed by atoms with Gasteiger partial charge in [0.05, 0.1) is 10.5 Å². The molecule has 0 radical (unpaired) electrons. The molecule has 1 saturated heterocycles. The minimum atomic E-state index is 0.517. The number of halogens is 1. The van der Waals surface area contributed by atoms with Crippen molar-refractivity contribution < 1.29 is 0 Å². The summed E-state index contributed by atoms with van der Waals surface area (Å²) in [5.41, 5.74) is 9.57. The van der Waals surface area contributed by atoms with E-state index in [1.807, 2.05) is 6.07 Å². The lowest BCUT2D eigenvalue weighted by atomic mass is 9.80. The molecule has 2 heterocycles. The van der Waals surface area contributed by atoms with E-state index in [0.29, 0.717) is 6.04 Å². The number of rotatable bonds is 2. The van der Waals surface area contributed by atoms with E-state index in [2.05, 4.69) is 70.7 Å². The molecule has 1 aromatic heterocycles. The Morgan fingerprint density at radius 2 is 1.74 bits per heavy atom. The number of H-pyrrole nitrogens is 1. The molecular weight excluding hydrogens is 436 g/mol. The smallest absolute Gasteiger partial charge is 0.0649 e. The Kier molecular flexibility index (Phi) is 4.93. The molecule has 34 heavy (non-hydrogen) atoms. The molecule has 7 rings (SSSR count). The van der Waals surface area contributed by atoms with Crippen LogP contribution in [0.15, 0.2) is 60.8 Å². The maximum absolute atomic E-state index is 6.55. The van der Waals surface area contributed by atoms with E-state index in [1.165, 1.54) is 88.0 Å². The van der Waals surface area contributed by atoms with E-state index in [4.69, 9.17) is 11.6 Å². The van der Waals surface area contributed by atoms with Crippen LogP contribution in [0, 0.1) is 0 Å². The van der Waals surface area contributed by atoms with E-state index in [0.717, 1.165) is 23.4 Å².